The van der Waals surface area contributed by atoms with E-state index in [4.69, 9.17) is 10.2 Å². The maximum absolute atomic E-state index is 14.4. The number of carboxylic acids is 2. The number of rotatable bonds is 7. The van der Waals surface area contributed by atoms with Crippen molar-refractivity contribution in [1.29, 1.82) is 5.26 Å². The van der Waals surface area contributed by atoms with Crippen LogP contribution < -0.4 is 5.32 Å². The summed E-state index contributed by atoms with van der Waals surface area (Å²) in [6.45, 7) is 0.264. The largest absolute Gasteiger partial charge is 0.478 e. The molecule has 0 bridgehead atoms. The Morgan fingerprint density at radius 3 is 2.32 bits per heavy atom. The second-order valence-corrected chi connectivity index (χ2v) is 8.31. The first-order valence-corrected chi connectivity index (χ1v) is 10.9. The van der Waals surface area contributed by atoms with E-state index in [-0.39, 0.29) is 28.3 Å². The fourth-order valence-corrected chi connectivity index (χ4v) is 4.20. The maximum Gasteiger partial charge on any atom is 0.328 e. The molecule has 0 radical (unpaired) electrons. The number of nitrogens with zero attached hydrogens (tertiary/aromatic N) is 3. The highest BCUT2D eigenvalue weighted by Gasteiger charge is 2.27. The number of hydrogen-bond donors (Lipinski definition) is 3. The molecule has 2 aromatic heterocycles. The smallest absolute Gasteiger partial charge is 0.328 e. The van der Waals surface area contributed by atoms with Gasteiger partial charge < -0.3 is 15.5 Å². The topological polar surface area (TPSA) is 162 Å². The Hall–Kier alpha value is -4.34. The molecule has 0 aliphatic heterocycles. The van der Waals surface area contributed by atoms with Crippen molar-refractivity contribution < 1.29 is 32.6 Å². The van der Waals surface area contributed by atoms with Crippen molar-refractivity contribution in [2.45, 2.75) is 11.4 Å². The minimum absolute atomic E-state index is 0.000275. The van der Waals surface area contributed by atoms with E-state index >= 15 is 0 Å². The van der Waals surface area contributed by atoms with Crippen molar-refractivity contribution in [1.82, 2.24) is 14.3 Å². The van der Waals surface area contributed by atoms with E-state index < -0.39 is 27.8 Å². The molecule has 0 aliphatic rings. The molecule has 1 aromatic carbocycles. The first kappa shape index (κ1) is 25.9. The van der Waals surface area contributed by atoms with Crippen LogP contribution in [0, 0.1) is 17.1 Å². The Kier molecular flexibility index (Phi) is 8.77. The van der Waals surface area contributed by atoms with Crippen LogP contribution in [0.25, 0.3) is 11.3 Å². The van der Waals surface area contributed by atoms with Crippen LogP contribution in [0.3, 0.4) is 0 Å². The lowest BCUT2D eigenvalue weighted by Gasteiger charge is -2.11. The molecule has 2 heterocycles. The van der Waals surface area contributed by atoms with Crippen LogP contribution in [0.4, 0.5) is 4.39 Å². The molecule has 3 N–H and O–H groups in total. The Balaban J connectivity index is 0.000000440. The van der Waals surface area contributed by atoms with Crippen LogP contribution in [0.2, 0.25) is 0 Å². The van der Waals surface area contributed by atoms with Gasteiger partial charge in [-0.25, -0.2) is 26.4 Å². The van der Waals surface area contributed by atoms with Gasteiger partial charge in [0.2, 0.25) is 0 Å². The van der Waals surface area contributed by atoms with Gasteiger partial charge >= 0.3 is 11.9 Å². The zero-order chi connectivity index (χ0) is 25.3. The lowest BCUT2D eigenvalue weighted by Crippen LogP contribution is -2.14. The predicted molar refractivity (Wildman–Crippen MR) is 119 cm³/mol. The fraction of sp³-hybridized carbons (Fsp3) is 0.0909. The summed E-state index contributed by atoms with van der Waals surface area (Å²) >= 11 is 0. The summed E-state index contributed by atoms with van der Waals surface area (Å²) in [5, 5.41) is 28.1. The summed E-state index contributed by atoms with van der Waals surface area (Å²) in [4.78, 5) is 22.9. The Labute approximate surface area is 194 Å². The molecule has 0 amide bonds. The summed E-state index contributed by atoms with van der Waals surface area (Å²) in [6, 6.07) is 10.7. The van der Waals surface area contributed by atoms with E-state index in [0.717, 1.165) is 3.97 Å². The van der Waals surface area contributed by atoms with Gasteiger partial charge in [0.25, 0.3) is 10.0 Å². The summed E-state index contributed by atoms with van der Waals surface area (Å²) in [5.41, 5.74) is 0.608. The Bertz CT molecular complexity index is 1350. The molecule has 0 saturated carbocycles. The molecule has 34 heavy (non-hydrogen) atoms. The number of benzene rings is 1. The molecule has 0 saturated heterocycles. The van der Waals surface area contributed by atoms with Gasteiger partial charge in [-0.3, -0.25) is 4.98 Å². The third-order valence-corrected chi connectivity index (χ3v) is 5.86. The number of nitrogens with one attached hydrogen (secondary N) is 1. The molecule has 0 spiro atoms. The van der Waals surface area contributed by atoms with Crippen molar-refractivity contribution in [3.63, 3.8) is 0 Å². The highest BCUT2D eigenvalue weighted by molar-refractivity contribution is 7.90. The molecule has 10 nitrogen and oxygen atoms in total. The molecular formula is C22H19FN4O6S. The quantitative estimate of drug-likeness (QED) is 0.425. The number of halogens is 1. The van der Waals surface area contributed by atoms with Crippen LogP contribution in [-0.4, -0.2) is 46.6 Å². The van der Waals surface area contributed by atoms with Gasteiger partial charge in [-0.1, -0.05) is 12.1 Å². The second kappa shape index (κ2) is 11.5. The van der Waals surface area contributed by atoms with Crippen LogP contribution in [0.15, 0.2) is 72.0 Å². The molecule has 176 valence electrons. The van der Waals surface area contributed by atoms with Crippen molar-refractivity contribution in [2.75, 3.05) is 7.05 Å². The SMILES string of the molecule is CNCc1cn(S(=O)(=O)c2cccnc2)c(-c2ccccc2F)c1C#N.O=C(O)C=CC(=O)O. The van der Waals surface area contributed by atoms with E-state index in [0.29, 0.717) is 17.7 Å². The molecule has 0 fully saturated rings. The molecule has 12 heteroatoms. The molecule has 3 aromatic rings. The first-order valence-electron chi connectivity index (χ1n) is 9.46. The number of aliphatic carboxylic acids is 2. The van der Waals surface area contributed by atoms with Gasteiger partial charge in [-0.15, -0.1) is 0 Å². The van der Waals surface area contributed by atoms with Gasteiger partial charge in [-0.05, 0) is 31.3 Å². The van der Waals surface area contributed by atoms with Gasteiger partial charge in [0.05, 0.1) is 11.3 Å². The third kappa shape index (κ3) is 6.12. The van der Waals surface area contributed by atoms with Crippen molar-refractivity contribution in [2.24, 2.45) is 0 Å². The van der Waals surface area contributed by atoms with Crippen molar-refractivity contribution in [3.05, 3.63) is 84.1 Å². The van der Waals surface area contributed by atoms with Gasteiger partial charge in [0, 0.05) is 48.4 Å². The van der Waals surface area contributed by atoms with Crippen LogP contribution in [-0.2, 0) is 26.2 Å². The summed E-state index contributed by atoms with van der Waals surface area (Å²) in [7, 11) is -2.38. The zero-order valence-electron chi connectivity index (χ0n) is 17.7. The average molecular weight is 486 g/mol. The highest BCUT2D eigenvalue weighted by Crippen LogP contribution is 2.33. The molecular weight excluding hydrogens is 467 g/mol. The van der Waals surface area contributed by atoms with Gasteiger partial charge in [0.15, 0.2) is 0 Å². The number of aromatic nitrogens is 2. The minimum Gasteiger partial charge on any atom is -0.478 e. The summed E-state index contributed by atoms with van der Waals surface area (Å²) < 4.78 is 41.6. The molecule has 0 atom stereocenters. The average Bonchev–Trinajstić information content (AvgIpc) is 3.18. The van der Waals surface area contributed by atoms with E-state index in [1.54, 1.807) is 13.1 Å². The number of nitriles is 1. The maximum atomic E-state index is 14.4. The number of hydrogen-bond acceptors (Lipinski definition) is 7. The van der Waals surface area contributed by atoms with Crippen LogP contribution >= 0.6 is 0 Å². The van der Waals surface area contributed by atoms with E-state index in [9.17, 15) is 27.7 Å². The van der Waals surface area contributed by atoms with Crippen LogP contribution in [0.1, 0.15) is 11.1 Å². The third-order valence-electron chi connectivity index (χ3n) is 4.22. The lowest BCUT2D eigenvalue weighted by atomic mass is 10.1. The molecule has 3 rings (SSSR count). The van der Waals surface area contributed by atoms with Crippen molar-refractivity contribution >= 4 is 22.0 Å². The summed E-state index contributed by atoms with van der Waals surface area (Å²) in [6.07, 6.45) is 5.13. The summed E-state index contributed by atoms with van der Waals surface area (Å²) in [5.74, 6) is -3.12. The monoisotopic (exact) mass is 486 g/mol. The fourth-order valence-electron chi connectivity index (χ4n) is 2.83. The molecule has 0 unspecified atom stereocenters. The minimum atomic E-state index is -4.06. The second-order valence-electron chi connectivity index (χ2n) is 6.50. The van der Waals surface area contributed by atoms with E-state index in [1.807, 2.05) is 6.07 Å². The Morgan fingerprint density at radius 1 is 1.18 bits per heavy atom. The standard InChI is InChI=1S/C18H15FN4O2S.C4H4O4/c1-21-10-13-12-23(26(24,25)14-5-4-8-22-11-14)18(16(13)9-20)15-6-2-3-7-17(15)19;5-3(6)1-2-4(7)8/h2-8,11-12,21H,10H2,1H3;1-2H,(H,5,6)(H,7,8). The van der Waals surface area contributed by atoms with Crippen molar-refractivity contribution in [3.8, 4) is 17.3 Å². The van der Waals surface area contributed by atoms with Crippen LogP contribution in [0.5, 0.6) is 0 Å². The lowest BCUT2D eigenvalue weighted by molar-refractivity contribution is -0.134. The number of pyridine rings is 1. The number of carboxylic acid groups (broad SMARTS) is 2. The highest BCUT2D eigenvalue weighted by atomic mass is 32.2. The normalized spacial score (nSPS) is 10.9. The predicted octanol–water partition coefficient (Wildman–Crippen LogP) is 2.23. The van der Waals surface area contributed by atoms with Gasteiger partial charge in [-0.2, -0.15) is 5.26 Å². The number of carbonyl (C=O) groups is 2. The van der Waals surface area contributed by atoms with E-state index in [2.05, 4.69) is 10.3 Å². The van der Waals surface area contributed by atoms with Gasteiger partial charge in [0.1, 0.15) is 16.8 Å². The first-order chi connectivity index (χ1) is 16.1. The molecule has 0 aliphatic carbocycles. The zero-order valence-corrected chi connectivity index (χ0v) is 18.5. The van der Waals surface area contributed by atoms with E-state index in [1.165, 1.54) is 48.9 Å². The Morgan fingerprint density at radius 2 is 1.82 bits per heavy atom.